The fourth-order valence-corrected chi connectivity index (χ4v) is 3.27. The summed E-state index contributed by atoms with van der Waals surface area (Å²) in [7, 11) is 0. The topological polar surface area (TPSA) is 61.9 Å². The fourth-order valence-electron chi connectivity index (χ4n) is 3.08. The van der Waals surface area contributed by atoms with Crippen LogP contribution in [0.15, 0.2) is 24.3 Å². The van der Waals surface area contributed by atoms with Crippen LogP contribution in [0.4, 0.5) is 5.69 Å². The van der Waals surface area contributed by atoms with E-state index in [0.29, 0.717) is 18.1 Å². The van der Waals surface area contributed by atoms with Crippen LogP contribution in [0.2, 0.25) is 5.02 Å². The Morgan fingerprint density at radius 2 is 2.12 bits per heavy atom. The summed E-state index contributed by atoms with van der Waals surface area (Å²) in [6, 6.07) is 7.16. The van der Waals surface area contributed by atoms with E-state index in [1.807, 2.05) is 6.07 Å². The van der Waals surface area contributed by atoms with Crippen LogP contribution in [0.1, 0.15) is 6.42 Å². The minimum atomic E-state index is -0.304. The Morgan fingerprint density at radius 3 is 2.88 bits per heavy atom. The quantitative estimate of drug-likeness (QED) is 0.864. The number of morpholine rings is 1. The number of anilines is 1. The largest absolute Gasteiger partial charge is 0.379 e. The van der Waals surface area contributed by atoms with Crippen LogP contribution in [0, 0.1) is 5.92 Å². The maximum absolute atomic E-state index is 12.3. The first-order valence-corrected chi connectivity index (χ1v) is 8.65. The number of halogens is 1. The van der Waals surface area contributed by atoms with Gasteiger partial charge in [0.05, 0.1) is 19.1 Å². The number of nitrogens with zero attached hydrogens (tertiary/aromatic N) is 2. The van der Waals surface area contributed by atoms with Crippen LogP contribution in [0.25, 0.3) is 0 Å². The van der Waals surface area contributed by atoms with Crippen LogP contribution in [-0.4, -0.2) is 62.7 Å². The molecule has 7 heteroatoms. The molecule has 1 N–H and O–H groups in total. The van der Waals surface area contributed by atoms with Crippen molar-refractivity contribution in [1.29, 1.82) is 0 Å². The van der Waals surface area contributed by atoms with Crippen LogP contribution in [0.5, 0.6) is 0 Å². The summed E-state index contributed by atoms with van der Waals surface area (Å²) >= 11 is 5.98. The molecule has 2 aliphatic heterocycles. The summed E-state index contributed by atoms with van der Waals surface area (Å²) in [5, 5.41) is 3.53. The van der Waals surface area contributed by atoms with Gasteiger partial charge in [0.1, 0.15) is 0 Å². The van der Waals surface area contributed by atoms with E-state index in [1.165, 1.54) is 0 Å². The van der Waals surface area contributed by atoms with Gasteiger partial charge in [0.15, 0.2) is 0 Å². The molecule has 2 saturated heterocycles. The van der Waals surface area contributed by atoms with E-state index in [-0.39, 0.29) is 24.2 Å². The van der Waals surface area contributed by atoms with Crippen molar-refractivity contribution in [2.75, 3.05) is 50.8 Å². The lowest BCUT2D eigenvalue weighted by Gasteiger charge is -2.26. The zero-order chi connectivity index (χ0) is 16.9. The number of nitrogens with one attached hydrogen (secondary N) is 1. The van der Waals surface area contributed by atoms with Gasteiger partial charge in [-0.15, -0.1) is 0 Å². The van der Waals surface area contributed by atoms with Gasteiger partial charge in [-0.2, -0.15) is 0 Å². The summed E-state index contributed by atoms with van der Waals surface area (Å²) in [6.45, 7) is 5.12. The molecule has 130 valence electrons. The second-order valence-electron chi connectivity index (χ2n) is 6.13. The molecule has 2 heterocycles. The van der Waals surface area contributed by atoms with Crippen LogP contribution < -0.4 is 10.2 Å². The molecule has 1 atom stereocenters. The molecule has 6 nitrogen and oxygen atoms in total. The average Bonchev–Trinajstić information content (AvgIpc) is 2.98. The maximum Gasteiger partial charge on any atom is 0.227 e. The second kappa shape index (κ2) is 7.96. The van der Waals surface area contributed by atoms with Crippen LogP contribution >= 0.6 is 11.6 Å². The Hall–Kier alpha value is -1.63. The molecule has 24 heavy (non-hydrogen) atoms. The predicted octanol–water partition coefficient (Wildman–Crippen LogP) is 1.14. The number of ether oxygens (including phenoxy) is 1. The minimum absolute atomic E-state index is 0.0365. The van der Waals surface area contributed by atoms with Gasteiger partial charge in [0.2, 0.25) is 11.8 Å². The molecule has 1 aromatic rings. The molecule has 1 aromatic carbocycles. The van der Waals surface area contributed by atoms with Gasteiger partial charge in [0.25, 0.3) is 0 Å². The lowest BCUT2D eigenvalue weighted by atomic mass is 10.1. The Kier molecular flexibility index (Phi) is 5.71. The van der Waals surface area contributed by atoms with Crippen molar-refractivity contribution in [2.24, 2.45) is 5.92 Å². The molecule has 0 aliphatic carbocycles. The molecule has 0 bridgehead atoms. The maximum atomic E-state index is 12.3. The van der Waals surface area contributed by atoms with Crippen molar-refractivity contribution in [2.45, 2.75) is 6.42 Å². The molecule has 2 fully saturated rings. The number of carbonyl (C=O) groups is 2. The van der Waals surface area contributed by atoms with Crippen LogP contribution in [-0.2, 0) is 14.3 Å². The number of carbonyl (C=O) groups excluding carboxylic acids is 2. The molecular weight excluding hydrogens is 330 g/mol. The zero-order valence-corrected chi connectivity index (χ0v) is 14.3. The molecule has 2 aliphatic rings. The van der Waals surface area contributed by atoms with Gasteiger partial charge in [-0.1, -0.05) is 17.7 Å². The number of hydrogen-bond acceptors (Lipinski definition) is 4. The normalized spacial score (nSPS) is 22.0. The number of amides is 2. The third kappa shape index (κ3) is 4.26. The van der Waals surface area contributed by atoms with E-state index in [0.717, 1.165) is 38.5 Å². The molecule has 3 rings (SSSR count). The summed E-state index contributed by atoms with van der Waals surface area (Å²) in [5.74, 6) is -0.395. The molecule has 0 radical (unpaired) electrons. The lowest BCUT2D eigenvalue weighted by molar-refractivity contribution is -0.126. The third-order valence-electron chi connectivity index (χ3n) is 4.45. The highest BCUT2D eigenvalue weighted by atomic mass is 35.5. The number of benzene rings is 1. The summed E-state index contributed by atoms with van der Waals surface area (Å²) in [4.78, 5) is 28.4. The lowest BCUT2D eigenvalue weighted by Crippen LogP contribution is -2.42. The first kappa shape index (κ1) is 17.2. The molecular formula is C17H22ClN3O3. The molecule has 0 aromatic heterocycles. The van der Waals surface area contributed by atoms with E-state index in [1.54, 1.807) is 23.1 Å². The van der Waals surface area contributed by atoms with Crippen LogP contribution in [0.3, 0.4) is 0 Å². The molecule has 0 saturated carbocycles. The monoisotopic (exact) mass is 351 g/mol. The first-order chi connectivity index (χ1) is 11.6. The van der Waals surface area contributed by atoms with Gasteiger partial charge in [-0.3, -0.25) is 14.5 Å². The molecule has 2 amide bonds. The Balaban J connectivity index is 1.48. The highest BCUT2D eigenvalue weighted by molar-refractivity contribution is 6.30. The smallest absolute Gasteiger partial charge is 0.227 e. The highest BCUT2D eigenvalue weighted by Gasteiger charge is 2.35. The molecule has 0 spiro atoms. The Morgan fingerprint density at radius 1 is 1.33 bits per heavy atom. The summed E-state index contributed by atoms with van der Waals surface area (Å²) < 4.78 is 5.30. The summed E-state index contributed by atoms with van der Waals surface area (Å²) in [6.07, 6.45) is 0.246. The second-order valence-corrected chi connectivity index (χ2v) is 6.57. The molecule has 1 unspecified atom stereocenters. The van der Waals surface area contributed by atoms with E-state index >= 15 is 0 Å². The van der Waals surface area contributed by atoms with E-state index in [9.17, 15) is 9.59 Å². The van der Waals surface area contributed by atoms with Crippen molar-refractivity contribution >= 4 is 29.1 Å². The van der Waals surface area contributed by atoms with Crippen molar-refractivity contribution in [1.82, 2.24) is 10.2 Å². The van der Waals surface area contributed by atoms with Gasteiger partial charge in [0, 0.05) is 49.9 Å². The number of hydrogen-bond donors (Lipinski definition) is 1. The van der Waals surface area contributed by atoms with Crippen molar-refractivity contribution in [3.8, 4) is 0 Å². The SMILES string of the molecule is O=C(NCCN1CCOCC1)C1CC(=O)N(c2cccc(Cl)c2)C1. The predicted molar refractivity (Wildman–Crippen MR) is 92.2 cm³/mol. The standard InChI is InChI=1S/C17H22ClN3O3/c18-14-2-1-3-15(11-14)21-12-13(10-16(21)22)17(23)19-4-5-20-6-8-24-9-7-20/h1-3,11,13H,4-10,12H2,(H,19,23). The van der Waals surface area contributed by atoms with E-state index < -0.39 is 0 Å². The Bertz CT molecular complexity index is 604. The summed E-state index contributed by atoms with van der Waals surface area (Å²) in [5.41, 5.74) is 0.746. The van der Waals surface area contributed by atoms with Gasteiger partial charge in [-0.05, 0) is 18.2 Å². The van der Waals surface area contributed by atoms with E-state index in [4.69, 9.17) is 16.3 Å². The van der Waals surface area contributed by atoms with Crippen molar-refractivity contribution in [3.63, 3.8) is 0 Å². The average molecular weight is 352 g/mol. The highest BCUT2D eigenvalue weighted by Crippen LogP contribution is 2.27. The zero-order valence-electron chi connectivity index (χ0n) is 13.5. The fraction of sp³-hybridized carbons (Fsp3) is 0.529. The first-order valence-electron chi connectivity index (χ1n) is 8.27. The van der Waals surface area contributed by atoms with Gasteiger partial charge >= 0.3 is 0 Å². The van der Waals surface area contributed by atoms with Crippen molar-refractivity contribution < 1.29 is 14.3 Å². The minimum Gasteiger partial charge on any atom is -0.379 e. The Labute approximate surface area is 146 Å². The number of rotatable bonds is 5. The van der Waals surface area contributed by atoms with E-state index in [2.05, 4.69) is 10.2 Å². The van der Waals surface area contributed by atoms with Gasteiger partial charge < -0.3 is 15.0 Å². The van der Waals surface area contributed by atoms with Gasteiger partial charge in [-0.25, -0.2) is 0 Å². The third-order valence-corrected chi connectivity index (χ3v) is 4.68. The van der Waals surface area contributed by atoms with Crippen molar-refractivity contribution in [3.05, 3.63) is 29.3 Å².